The third-order valence-electron chi connectivity index (χ3n) is 3.89. The summed E-state index contributed by atoms with van der Waals surface area (Å²) in [6.45, 7) is 2.20. The largest absolute Gasteiger partial charge is 0.471 e. The number of hydrogen-bond donors (Lipinski definition) is 2. The Balaban J connectivity index is 2.07. The molecule has 1 aromatic heterocycles. The zero-order valence-electron chi connectivity index (χ0n) is 14.2. The summed E-state index contributed by atoms with van der Waals surface area (Å²) in [5.41, 5.74) is -0.726. The Morgan fingerprint density at radius 1 is 1.19 bits per heavy atom. The first kappa shape index (κ1) is 18.9. The summed E-state index contributed by atoms with van der Waals surface area (Å²) in [5.74, 6) is 0. The molecule has 0 fully saturated rings. The molecule has 4 nitrogen and oxygen atoms in total. The van der Waals surface area contributed by atoms with Crippen molar-refractivity contribution in [3.63, 3.8) is 0 Å². The number of H-pyrrole nitrogens is 1. The number of ether oxygens (including phenoxy) is 1. The minimum absolute atomic E-state index is 0.0799. The predicted octanol–water partition coefficient (Wildman–Crippen LogP) is 4.95. The highest BCUT2D eigenvalue weighted by atomic mass is 32.1. The molecular weight excluding hydrogens is 377 g/mol. The SMILES string of the molecule is CCOC(=S)Nc1ccc2cc(-c3ccccc3C(F)(F)F)[nH]c(=O)c2c1. The zero-order valence-corrected chi connectivity index (χ0v) is 15.0. The van der Waals surface area contributed by atoms with Crippen LogP contribution in [0.2, 0.25) is 0 Å². The molecule has 0 aliphatic carbocycles. The van der Waals surface area contributed by atoms with Crippen molar-refractivity contribution in [1.82, 2.24) is 4.98 Å². The van der Waals surface area contributed by atoms with Gasteiger partial charge >= 0.3 is 6.18 Å². The molecule has 0 bridgehead atoms. The van der Waals surface area contributed by atoms with Crippen molar-refractivity contribution in [3.05, 3.63) is 64.4 Å². The molecule has 0 aliphatic rings. The molecule has 8 heteroatoms. The number of alkyl halides is 3. The minimum atomic E-state index is -4.52. The molecule has 27 heavy (non-hydrogen) atoms. The van der Waals surface area contributed by atoms with Crippen LogP contribution in [0.15, 0.2) is 53.3 Å². The Bertz CT molecular complexity index is 1060. The standard InChI is InChI=1S/C19H15F3N2O2S/c1-2-26-18(27)23-12-8-7-11-9-16(24-17(25)14(11)10-12)13-5-3-4-6-15(13)19(20,21)22/h3-10H,2H2,1H3,(H,23,27)(H,24,25). The van der Waals surface area contributed by atoms with Crippen LogP contribution >= 0.6 is 12.2 Å². The fourth-order valence-corrected chi connectivity index (χ4v) is 2.97. The second kappa shape index (κ2) is 7.40. The van der Waals surface area contributed by atoms with Gasteiger partial charge in [0.2, 0.25) is 0 Å². The van der Waals surface area contributed by atoms with Crippen LogP contribution in [0.5, 0.6) is 0 Å². The van der Waals surface area contributed by atoms with E-state index in [0.29, 0.717) is 23.1 Å². The molecule has 140 valence electrons. The van der Waals surface area contributed by atoms with Crippen LogP contribution in [0.3, 0.4) is 0 Å². The van der Waals surface area contributed by atoms with Crippen LogP contribution in [-0.4, -0.2) is 16.8 Å². The first-order valence-corrected chi connectivity index (χ1v) is 8.48. The Morgan fingerprint density at radius 3 is 2.63 bits per heavy atom. The Morgan fingerprint density at radius 2 is 1.93 bits per heavy atom. The van der Waals surface area contributed by atoms with Crippen LogP contribution < -0.4 is 10.9 Å². The zero-order chi connectivity index (χ0) is 19.6. The molecule has 0 amide bonds. The number of aromatic nitrogens is 1. The van der Waals surface area contributed by atoms with Crippen molar-refractivity contribution >= 4 is 33.9 Å². The van der Waals surface area contributed by atoms with E-state index in [0.717, 1.165) is 6.07 Å². The molecule has 0 aliphatic heterocycles. The van der Waals surface area contributed by atoms with Gasteiger partial charge in [0, 0.05) is 22.3 Å². The summed E-state index contributed by atoms with van der Waals surface area (Å²) in [7, 11) is 0. The van der Waals surface area contributed by atoms with Gasteiger partial charge in [-0.1, -0.05) is 24.3 Å². The van der Waals surface area contributed by atoms with Crippen molar-refractivity contribution in [2.45, 2.75) is 13.1 Å². The Kier molecular flexibility index (Phi) is 5.18. The molecule has 0 radical (unpaired) electrons. The third-order valence-corrected chi connectivity index (χ3v) is 4.11. The lowest BCUT2D eigenvalue weighted by Crippen LogP contribution is -2.14. The number of rotatable bonds is 3. The predicted molar refractivity (Wildman–Crippen MR) is 103 cm³/mol. The van der Waals surface area contributed by atoms with Crippen LogP contribution in [0.1, 0.15) is 12.5 Å². The maximum absolute atomic E-state index is 13.3. The summed E-state index contributed by atoms with van der Waals surface area (Å²) in [5, 5.41) is 3.85. The van der Waals surface area contributed by atoms with Crippen LogP contribution in [0.25, 0.3) is 22.0 Å². The normalized spacial score (nSPS) is 11.4. The maximum atomic E-state index is 13.3. The van der Waals surface area contributed by atoms with Crippen molar-refractivity contribution in [3.8, 4) is 11.3 Å². The van der Waals surface area contributed by atoms with Gasteiger partial charge in [0.05, 0.1) is 12.2 Å². The molecule has 1 heterocycles. The van der Waals surface area contributed by atoms with E-state index < -0.39 is 17.3 Å². The smallest absolute Gasteiger partial charge is 0.417 e. The van der Waals surface area contributed by atoms with Crippen molar-refractivity contribution in [2.75, 3.05) is 11.9 Å². The number of aromatic amines is 1. The van der Waals surface area contributed by atoms with Gasteiger partial charge in [-0.05, 0) is 48.8 Å². The monoisotopic (exact) mass is 392 g/mol. The number of hydrogen-bond acceptors (Lipinski definition) is 3. The van der Waals surface area contributed by atoms with Gasteiger partial charge in [0.15, 0.2) is 0 Å². The molecule has 0 saturated carbocycles. The second-order valence-electron chi connectivity index (χ2n) is 5.70. The van der Waals surface area contributed by atoms with E-state index in [4.69, 9.17) is 17.0 Å². The summed E-state index contributed by atoms with van der Waals surface area (Å²) >= 11 is 5.00. The highest BCUT2D eigenvalue weighted by Gasteiger charge is 2.33. The molecule has 0 atom stereocenters. The van der Waals surface area contributed by atoms with Gasteiger partial charge in [0.25, 0.3) is 10.7 Å². The van der Waals surface area contributed by atoms with E-state index >= 15 is 0 Å². The Hall–Kier alpha value is -2.87. The molecule has 2 aromatic carbocycles. The van der Waals surface area contributed by atoms with E-state index in [1.54, 1.807) is 25.1 Å². The van der Waals surface area contributed by atoms with Gasteiger partial charge in [0.1, 0.15) is 0 Å². The number of nitrogens with one attached hydrogen (secondary N) is 2. The second-order valence-corrected chi connectivity index (χ2v) is 6.07. The number of benzene rings is 2. The minimum Gasteiger partial charge on any atom is -0.471 e. The van der Waals surface area contributed by atoms with Crippen molar-refractivity contribution in [1.29, 1.82) is 0 Å². The lowest BCUT2D eigenvalue weighted by atomic mass is 10.0. The molecule has 0 spiro atoms. The number of fused-ring (bicyclic) bond motifs is 1. The van der Waals surface area contributed by atoms with E-state index in [1.165, 1.54) is 24.3 Å². The van der Waals surface area contributed by atoms with E-state index in [9.17, 15) is 18.0 Å². The van der Waals surface area contributed by atoms with Crippen molar-refractivity contribution in [2.24, 2.45) is 0 Å². The van der Waals surface area contributed by atoms with Gasteiger partial charge in [-0.25, -0.2) is 0 Å². The number of halogens is 3. The topological polar surface area (TPSA) is 54.1 Å². The molecule has 3 aromatic rings. The fourth-order valence-electron chi connectivity index (χ4n) is 2.73. The van der Waals surface area contributed by atoms with E-state index in [2.05, 4.69) is 10.3 Å². The lowest BCUT2D eigenvalue weighted by molar-refractivity contribution is -0.137. The number of pyridine rings is 1. The first-order valence-electron chi connectivity index (χ1n) is 8.07. The van der Waals surface area contributed by atoms with Gasteiger partial charge in [-0.15, -0.1) is 0 Å². The quantitative estimate of drug-likeness (QED) is 0.620. The summed E-state index contributed by atoms with van der Waals surface area (Å²) in [6.07, 6.45) is -4.52. The third kappa shape index (κ3) is 4.11. The fraction of sp³-hybridized carbons (Fsp3) is 0.158. The first-order chi connectivity index (χ1) is 12.8. The molecule has 3 rings (SSSR count). The van der Waals surface area contributed by atoms with E-state index in [1.807, 2.05) is 0 Å². The maximum Gasteiger partial charge on any atom is 0.417 e. The van der Waals surface area contributed by atoms with E-state index in [-0.39, 0.29) is 16.4 Å². The average Bonchev–Trinajstić information content (AvgIpc) is 2.61. The Labute approximate surface area is 158 Å². The lowest BCUT2D eigenvalue weighted by Gasteiger charge is -2.13. The summed E-state index contributed by atoms with van der Waals surface area (Å²) < 4.78 is 44.9. The molecule has 0 saturated heterocycles. The molecule has 2 N–H and O–H groups in total. The number of anilines is 1. The van der Waals surface area contributed by atoms with Crippen LogP contribution in [-0.2, 0) is 10.9 Å². The van der Waals surface area contributed by atoms with Crippen LogP contribution in [0, 0.1) is 0 Å². The van der Waals surface area contributed by atoms with Gasteiger partial charge in [-0.2, -0.15) is 13.2 Å². The summed E-state index contributed by atoms with van der Waals surface area (Å²) in [4.78, 5) is 15.0. The van der Waals surface area contributed by atoms with Crippen LogP contribution in [0.4, 0.5) is 18.9 Å². The highest BCUT2D eigenvalue weighted by Crippen LogP contribution is 2.36. The molecular formula is C19H15F3N2O2S. The van der Waals surface area contributed by atoms with Gasteiger partial charge < -0.3 is 15.0 Å². The highest BCUT2D eigenvalue weighted by molar-refractivity contribution is 7.80. The average molecular weight is 392 g/mol. The van der Waals surface area contributed by atoms with Crippen molar-refractivity contribution < 1.29 is 17.9 Å². The molecule has 0 unspecified atom stereocenters. The number of thiocarbonyl (C=S) groups is 1. The summed E-state index contributed by atoms with van der Waals surface area (Å²) in [6, 6.07) is 11.5. The van der Waals surface area contributed by atoms with Gasteiger partial charge in [-0.3, -0.25) is 4.79 Å².